The van der Waals surface area contributed by atoms with Crippen molar-refractivity contribution in [2.75, 3.05) is 18.0 Å². The third kappa shape index (κ3) is 4.77. The molecule has 2 aromatic rings. The number of hydrogen-bond acceptors (Lipinski definition) is 2. The molecule has 3 nitrogen and oxygen atoms in total. The highest BCUT2D eigenvalue weighted by molar-refractivity contribution is 6.30. The number of carboxylic acids is 1. The van der Waals surface area contributed by atoms with E-state index in [1.165, 1.54) is 24.9 Å². The molecule has 1 aliphatic heterocycles. The number of allylic oxidation sites excluding steroid dienone is 2. The second kappa shape index (κ2) is 8.72. The van der Waals surface area contributed by atoms with Crippen LogP contribution >= 0.6 is 11.6 Å². The van der Waals surface area contributed by atoms with Crippen molar-refractivity contribution in [1.29, 1.82) is 0 Å². The predicted molar refractivity (Wildman–Crippen MR) is 108 cm³/mol. The Morgan fingerprint density at radius 3 is 2.08 bits per heavy atom. The number of halogens is 1. The summed E-state index contributed by atoms with van der Waals surface area (Å²) in [6, 6.07) is 16.1. The molecule has 0 amide bonds. The van der Waals surface area contributed by atoms with E-state index < -0.39 is 5.97 Å². The van der Waals surface area contributed by atoms with Gasteiger partial charge in [-0.05, 0) is 60.2 Å². The van der Waals surface area contributed by atoms with Gasteiger partial charge in [-0.2, -0.15) is 0 Å². The molecule has 0 aliphatic carbocycles. The molecular formula is C22H22ClNO2. The van der Waals surface area contributed by atoms with Crippen molar-refractivity contribution in [2.45, 2.75) is 19.3 Å². The summed E-state index contributed by atoms with van der Waals surface area (Å²) in [5.74, 6) is -0.961. The maximum absolute atomic E-state index is 10.8. The van der Waals surface area contributed by atoms with Gasteiger partial charge < -0.3 is 10.0 Å². The molecule has 2 aromatic carbocycles. The zero-order valence-electron chi connectivity index (χ0n) is 14.6. The molecular weight excluding hydrogens is 346 g/mol. The lowest BCUT2D eigenvalue weighted by atomic mass is 9.97. The molecule has 1 fully saturated rings. The minimum atomic E-state index is -0.961. The molecule has 0 bridgehead atoms. The predicted octanol–water partition coefficient (Wildman–Crippen LogP) is 5.40. The fourth-order valence-corrected chi connectivity index (χ4v) is 3.35. The quantitative estimate of drug-likeness (QED) is 0.568. The van der Waals surface area contributed by atoms with Gasteiger partial charge in [0.1, 0.15) is 0 Å². The second-order valence-electron chi connectivity index (χ2n) is 6.38. The Bertz CT molecular complexity index is 801. The molecule has 0 aromatic heterocycles. The number of carbonyl (C=O) groups is 1. The smallest absolute Gasteiger partial charge is 0.328 e. The Kier molecular flexibility index (Phi) is 6.13. The SMILES string of the molecule is O=C(O)C=CC=C(c1ccc(Cl)cc1)c1ccc(N2CCCCC2)cc1. The number of piperidine rings is 1. The molecule has 26 heavy (non-hydrogen) atoms. The maximum Gasteiger partial charge on any atom is 0.328 e. The van der Waals surface area contributed by atoms with E-state index in [1.807, 2.05) is 30.3 Å². The van der Waals surface area contributed by atoms with E-state index in [9.17, 15) is 4.79 Å². The van der Waals surface area contributed by atoms with Gasteiger partial charge in [0.05, 0.1) is 0 Å². The van der Waals surface area contributed by atoms with Crippen LogP contribution in [0.1, 0.15) is 30.4 Å². The average Bonchev–Trinajstić information content (AvgIpc) is 2.67. The number of aliphatic carboxylic acids is 1. The van der Waals surface area contributed by atoms with E-state index in [0.717, 1.165) is 35.9 Å². The Morgan fingerprint density at radius 1 is 0.923 bits per heavy atom. The van der Waals surface area contributed by atoms with Gasteiger partial charge in [-0.3, -0.25) is 0 Å². The van der Waals surface area contributed by atoms with Crippen molar-refractivity contribution in [3.8, 4) is 0 Å². The van der Waals surface area contributed by atoms with E-state index in [-0.39, 0.29) is 0 Å². The van der Waals surface area contributed by atoms with E-state index >= 15 is 0 Å². The average molecular weight is 368 g/mol. The maximum atomic E-state index is 10.8. The fraction of sp³-hybridized carbons (Fsp3) is 0.227. The van der Waals surface area contributed by atoms with Gasteiger partial charge in [0.25, 0.3) is 0 Å². The normalized spacial score (nSPS) is 15.4. The molecule has 3 rings (SSSR count). The van der Waals surface area contributed by atoms with Crippen LogP contribution in [0.3, 0.4) is 0 Å². The molecule has 1 heterocycles. The monoisotopic (exact) mass is 367 g/mol. The molecule has 0 spiro atoms. The third-order valence-corrected chi connectivity index (χ3v) is 4.81. The van der Waals surface area contributed by atoms with Crippen molar-refractivity contribution in [1.82, 2.24) is 0 Å². The van der Waals surface area contributed by atoms with Crippen molar-refractivity contribution in [2.24, 2.45) is 0 Å². The van der Waals surface area contributed by atoms with Crippen LogP contribution in [0.5, 0.6) is 0 Å². The van der Waals surface area contributed by atoms with E-state index in [2.05, 4.69) is 29.2 Å². The summed E-state index contributed by atoms with van der Waals surface area (Å²) in [5, 5.41) is 9.52. The van der Waals surface area contributed by atoms with Crippen molar-refractivity contribution < 1.29 is 9.90 Å². The van der Waals surface area contributed by atoms with E-state index in [4.69, 9.17) is 16.7 Å². The first kappa shape index (κ1) is 18.3. The van der Waals surface area contributed by atoms with Gasteiger partial charge in [0, 0.05) is 29.9 Å². The lowest BCUT2D eigenvalue weighted by molar-refractivity contribution is -0.131. The van der Waals surface area contributed by atoms with Gasteiger partial charge in [-0.25, -0.2) is 4.79 Å². The topological polar surface area (TPSA) is 40.5 Å². The lowest BCUT2D eigenvalue weighted by Gasteiger charge is -2.29. The zero-order valence-corrected chi connectivity index (χ0v) is 15.3. The summed E-state index contributed by atoms with van der Waals surface area (Å²) < 4.78 is 0. The molecule has 0 saturated carbocycles. The van der Waals surface area contributed by atoms with Crippen molar-refractivity contribution in [3.63, 3.8) is 0 Å². The molecule has 1 aliphatic rings. The summed E-state index contributed by atoms with van der Waals surface area (Å²) in [6.45, 7) is 2.22. The van der Waals surface area contributed by atoms with Crippen LogP contribution in [0, 0.1) is 0 Å². The summed E-state index contributed by atoms with van der Waals surface area (Å²) >= 11 is 6.00. The Morgan fingerprint density at radius 2 is 1.50 bits per heavy atom. The van der Waals surface area contributed by atoms with Gasteiger partial charge in [0.2, 0.25) is 0 Å². The van der Waals surface area contributed by atoms with Crippen LogP contribution < -0.4 is 4.90 Å². The molecule has 0 unspecified atom stereocenters. The van der Waals surface area contributed by atoms with Crippen LogP contribution in [0.4, 0.5) is 5.69 Å². The molecule has 134 valence electrons. The highest BCUT2D eigenvalue weighted by atomic mass is 35.5. The van der Waals surface area contributed by atoms with Crippen LogP contribution in [0.2, 0.25) is 5.02 Å². The van der Waals surface area contributed by atoms with Crippen LogP contribution in [-0.2, 0) is 4.79 Å². The first-order valence-electron chi connectivity index (χ1n) is 8.86. The molecule has 4 heteroatoms. The van der Waals surface area contributed by atoms with Gasteiger partial charge in [-0.1, -0.05) is 48.0 Å². The van der Waals surface area contributed by atoms with Crippen LogP contribution in [-0.4, -0.2) is 24.2 Å². The van der Waals surface area contributed by atoms with Gasteiger partial charge >= 0.3 is 5.97 Å². The number of nitrogens with zero attached hydrogens (tertiary/aromatic N) is 1. The highest BCUT2D eigenvalue weighted by Crippen LogP contribution is 2.28. The number of anilines is 1. The molecule has 0 atom stereocenters. The largest absolute Gasteiger partial charge is 0.478 e. The highest BCUT2D eigenvalue weighted by Gasteiger charge is 2.11. The summed E-state index contributed by atoms with van der Waals surface area (Å²) in [7, 11) is 0. The minimum absolute atomic E-state index is 0.676. The van der Waals surface area contributed by atoms with Crippen LogP contribution in [0.15, 0.2) is 66.8 Å². The Balaban J connectivity index is 1.90. The molecule has 1 N–H and O–H groups in total. The summed E-state index contributed by atoms with van der Waals surface area (Å²) in [6.07, 6.45) is 8.33. The zero-order chi connectivity index (χ0) is 18.4. The first-order valence-corrected chi connectivity index (χ1v) is 9.24. The lowest BCUT2D eigenvalue weighted by Crippen LogP contribution is -2.29. The van der Waals surface area contributed by atoms with Crippen molar-refractivity contribution in [3.05, 3.63) is 82.9 Å². The Labute approximate surface area is 159 Å². The number of hydrogen-bond donors (Lipinski definition) is 1. The van der Waals surface area contributed by atoms with Crippen molar-refractivity contribution >= 4 is 28.8 Å². The minimum Gasteiger partial charge on any atom is -0.478 e. The first-order chi connectivity index (χ1) is 12.6. The Hall–Kier alpha value is -2.52. The third-order valence-electron chi connectivity index (χ3n) is 4.56. The van der Waals surface area contributed by atoms with Gasteiger partial charge in [0.15, 0.2) is 0 Å². The molecule has 0 radical (unpaired) electrons. The van der Waals surface area contributed by atoms with E-state index in [1.54, 1.807) is 6.08 Å². The number of rotatable bonds is 5. The number of benzene rings is 2. The summed E-state index contributed by atoms with van der Waals surface area (Å²) in [4.78, 5) is 13.2. The fourth-order valence-electron chi connectivity index (χ4n) is 3.22. The second-order valence-corrected chi connectivity index (χ2v) is 6.82. The summed E-state index contributed by atoms with van der Waals surface area (Å²) in [5.41, 5.74) is 4.24. The van der Waals surface area contributed by atoms with Gasteiger partial charge in [-0.15, -0.1) is 0 Å². The van der Waals surface area contributed by atoms with E-state index in [0.29, 0.717) is 5.02 Å². The standard InChI is InChI=1S/C22H22ClNO2/c23-19-11-7-17(8-12-19)21(5-4-6-22(25)26)18-9-13-20(14-10-18)24-15-2-1-3-16-24/h4-14H,1-3,15-16H2,(H,25,26). The number of carboxylic acid groups (broad SMARTS) is 1. The van der Waals surface area contributed by atoms with Crippen LogP contribution in [0.25, 0.3) is 5.57 Å². The molecule has 1 saturated heterocycles.